The summed E-state index contributed by atoms with van der Waals surface area (Å²) in [7, 11) is 0. The van der Waals surface area contributed by atoms with Gasteiger partial charge in [0.1, 0.15) is 0 Å². The minimum absolute atomic E-state index is 0.181. The van der Waals surface area contributed by atoms with E-state index in [1.54, 1.807) is 0 Å². The SMILES string of the molecule is Ic1cc2c(c3cc4c(cc13)COC4)OC(C1C=CCC1)O2. The molecule has 3 aliphatic rings. The number of halogens is 1. The molecule has 1 aliphatic carbocycles. The lowest BCUT2D eigenvalue weighted by molar-refractivity contribution is 0.0135. The van der Waals surface area contributed by atoms with Crippen LogP contribution < -0.4 is 9.47 Å². The van der Waals surface area contributed by atoms with Crippen LogP contribution >= 0.6 is 22.6 Å². The van der Waals surface area contributed by atoms with E-state index in [2.05, 4.69) is 52.9 Å². The molecule has 2 aromatic carbocycles. The summed E-state index contributed by atoms with van der Waals surface area (Å²) in [5, 5.41) is 2.38. The second-order valence-electron chi connectivity index (χ2n) is 6.12. The van der Waals surface area contributed by atoms with Gasteiger partial charge >= 0.3 is 0 Å². The Morgan fingerprint density at radius 2 is 1.82 bits per heavy atom. The summed E-state index contributed by atoms with van der Waals surface area (Å²) >= 11 is 2.38. The molecule has 112 valence electrons. The molecule has 2 heterocycles. The molecule has 5 rings (SSSR count). The van der Waals surface area contributed by atoms with Gasteiger partial charge in [0, 0.05) is 8.96 Å². The van der Waals surface area contributed by atoms with Crippen LogP contribution in [0.2, 0.25) is 0 Å². The smallest absolute Gasteiger partial charge is 0.247 e. The third-order valence-corrected chi connectivity index (χ3v) is 5.61. The molecule has 2 aromatic rings. The molecule has 3 nitrogen and oxygen atoms in total. The van der Waals surface area contributed by atoms with Gasteiger partial charge in [-0.25, -0.2) is 0 Å². The molecular formula is C18H15IO3. The van der Waals surface area contributed by atoms with E-state index in [0.717, 1.165) is 29.7 Å². The van der Waals surface area contributed by atoms with Crippen molar-refractivity contribution < 1.29 is 14.2 Å². The van der Waals surface area contributed by atoms with E-state index in [4.69, 9.17) is 14.2 Å². The van der Waals surface area contributed by atoms with Crippen molar-refractivity contribution in [3.63, 3.8) is 0 Å². The standard InChI is InChI=1S/C18H15IO3/c19-15-7-16-17(22-18(21-16)10-3-1-2-4-10)14-6-12-9-20-8-11(12)5-13(14)15/h1,3,5-7,10,18H,2,4,8-9H2. The number of hydrogen-bond acceptors (Lipinski definition) is 3. The van der Waals surface area contributed by atoms with E-state index in [9.17, 15) is 0 Å². The van der Waals surface area contributed by atoms with Crippen molar-refractivity contribution in [1.29, 1.82) is 0 Å². The van der Waals surface area contributed by atoms with Crippen molar-refractivity contribution in [3.8, 4) is 11.5 Å². The largest absolute Gasteiger partial charge is 0.450 e. The van der Waals surface area contributed by atoms with E-state index in [0.29, 0.717) is 19.1 Å². The van der Waals surface area contributed by atoms with Crippen molar-refractivity contribution >= 4 is 33.4 Å². The van der Waals surface area contributed by atoms with Gasteiger partial charge in [-0.15, -0.1) is 0 Å². The first-order valence-corrected chi connectivity index (χ1v) is 8.73. The van der Waals surface area contributed by atoms with Crippen molar-refractivity contribution in [3.05, 3.63) is 45.0 Å². The molecule has 2 atom stereocenters. The predicted octanol–water partition coefficient (Wildman–Crippen LogP) is 4.54. The highest BCUT2D eigenvalue weighted by atomic mass is 127. The van der Waals surface area contributed by atoms with Crippen LogP contribution in [0.15, 0.2) is 30.4 Å². The van der Waals surface area contributed by atoms with E-state index < -0.39 is 0 Å². The lowest BCUT2D eigenvalue weighted by atomic mass is 10.0. The number of benzene rings is 2. The van der Waals surface area contributed by atoms with Crippen LogP contribution in [0.5, 0.6) is 11.5 Å². The minimum Gasteiger partial charge on any atom is -0.450 e. The maximum Gasteiger partial charge on any atom is 0.247 e. The summed E-state index contributed by atoms with van der Waals surface area (Å²) in [6.07, 6.45) is 6.48. The van der Waals surface area contributed by atoms with E-state index in [1.807, 2.05) is 0 Å². The Morgan fingerprint density at radius 1 is 1.00 bits per heavy atom. The quantitative estimate of drug-likeness (QED) is 0.514. The first-order valence-electron chi connectivity index (χ1n) is 7.65. The Hall–Kier alpha value is -1.27. The first kappa shape index (κ1) is 13.2. The molecule has 0 bridgehead atoms. The van der Waals surface area contributed by atoms with Crippen LogP contribution in [-0.4, -0.2) is 6.29 Å². The molecular weight excluding hydrogens is 391 g/mol. The number of rotatable bonds is 1. The first-order chi connectivity index (χ1) is 10.8. The van der Waals surface area contributed by atoms with Crippen LogP contribution in [0, 0.1) is 9.49 Å². The van der Waals surface area contributed by atoms with Crippen LogP contribution in [0.1, 0.15) is 24.0 Å². The van der Waals surface area contributed by atoms with Gasteiger partial charge in [-0.2, -0.15) is 0 Å². The van der Waals surface area contributed by atoms with Crippen LogP contribution in [0.3, 0.4) is 0 Å². The summed E-state index contributed by atoms with van der Waals surface area (Å²) in [5.41, 5.74) is 2.56. The third-order valence-electron chi connectivity index (χ3n) is 4.72. The normalized spacial score (nSPS) is 25.1. The number of ether oxygens (including phenoxy) is 3. The topological polar surface area (TPSA) is 27.7 Å². The molecule has 4 heteroatoms. The van der Waals surface area contributed by atoms with Gasteiger partial charge in [0.2, 0.25) is 6.29 Å². The Labute approximate surface area is 142 Å². The maximum atomic E-state index is 6.20. The second-order valence-corrected chi connectivity index (χ2v) is 7.28. The van der Waals surface area contributed by atoms with Gasteiger partial charge in [0.05, 0.1) is 19.1 Å². The summed E-state index contributed by atoms with van der Waals surface area (Å²) in [5.74, 6) is 2.13. The summed E-state index contributed by atoms with van der Waals surface area (Å²) < 4.78 is 19.1. The predicted molar refractivity (Wildman–Crippen MR) is 92.1 cm³/mol. The minimum atomic E-state index is -0.181. The number of allylic oxidation sites excluding steroid dienone is 1. The highest BCUT2D eigenvalue weighted by molar-refractivity contribution is 14.1. The highest BCUT2D eigenvalue weighted by Gasteiger charge is 2.33. The number of hydrogen-bond donors (Lipinski definition) is 0. The molecule has 0 spiro atoms. The molecule has 0 fully saturated rings. The molecule has 2 unspecified atom stereocenters. The molecule has 0 N–H and O–H groups in total. The fraction of sp³-hybridized carbons (Fsp3) is 0.333. The van der Waals surface area contributed by atoms with E-state index >= 15 is 0 Å². The Bertz CT molecular complexity index is 812. The van der Waals surface area contributed by atoms with Gasteiger partial charge in [-0.1, -0.05) is 12.2 Å². The average molecular weight is 406 g/mol. The van der Waals surface area contributed by atoms with Crippen molar-refractivity contribution in [2.75, 3.05) is 0 Å². The van der Waals surface area contributed by atoms with Gasteiger partial charge in [0.25, 0.3) is 0 Å². The maximum absolute atomic E-state index is 6.20. The van der Waals surface area contributed by atoms with Crippen molar-refractivity contribution in [2.45, 2.75) is 32.3 Å². The molecule has 2 aliphatic heterocycles. The fourth-order valence-electron chi connectivity index (χ4n) is 3.54. The molecule has 0 radical (unpaired) electrons. The lowest BCUT2D eigenvalue weighted by Gasteiger charge is -2.15. The zero-order valence-corrected chi connectivity index (χ0v) is 14.1. The molecule has 22 heavy (non-hydrogen) atoms. The summed E-state index contributed by atoms with van der Waals surface area (Å²) in [6, 6.07) is 6.56. The Kier molecular flexibility index (Phi) is 2.92. The average Bonchev–Trinajstić information content (AvgIpc) is 3.25. The van der Waals surface area contributed by atoms with Gasteiger partial charge < -0.3 is 14.2 Å². The van der Waals surface area contributed by atoms with E-state index in [1.165, 1.54) is 20.1 Å². The van der Waals surface area contributed by atoms with Crippen LogP contribution in [0.25, 0.3) is 10.8 Å². The van der Waals surface area contributed by atoms with Crippen molar-refractivity contribution in [1.82, 2.24) is 0 Å². The van der Waals surface area contributed by atoms with Crippen LogP contribution in [0.4, 0.5) is 0 Å². The second kappa shape index (κ2) is 4.86. The molecule has 0 saturated carbocycles. The summed E-state index contributed by atoms with van der Waals surface area (Å²) in [6.45, 7) is 1.41. The zero-order valence-electron chi connectivity index (χ0n) is 12.0. The molecule has 0 saturated heterocycles. The van der Waals surface area contributed by atoms with Gasteiger partial charge in [0.15, 0.2) is 11.5 Å². The van der Waals surface area contributed by atoms with Crippen molar-refractivity contribution in [2.24, 2.45) is 5.92 Å². The fourth-order valence-corrected chi connectivity index (χ4v) is 4.27. The zero-order chi connectivity index (χ0) is 14.7. The molecule has 0 amide bonds. The van der Waals surface area contributed by atoms with Gasteiger partial charge in [-0.05, 0) is 70.1 Å². The highest BCUT2D eigenvalue weighted by Crippen LogP contribution is 2.46. The lowest BCUT2D eigenvalue weighted by Crippen LogP contribution is -2.26. The summed E-state index contributed by atoms with van der Waals surface area (Å²) in [4.78, 5) is 0. The monoisotopic (exact) mass is 406 g/mol. The van der Waals surface area contributed by atoms with Crippen LogP contribution in [-0.2, 0) is 18.0 Å². The van der Waals surface area contributed by atoms with E-state index in [-0.39, 0.29) is 6.29 Å². The Morgan fingerprint density at radius 3 is 2.59 bits per heavy atom. The molecule has 0 aromatic heterocycles. The third kappa shape index (κ3) is 1.90. The van der Waals surface area contributed by atoms with Gasteiger partial charge in [-0.3, -0.25) is 0 Å². The Balaban J connectivity index is 1.64. The number of fused-ring (bicyclic) bond motifs is 4.